The van der Waals surface area contributed by atoms with Crippen LogP contribution in [0.15, 0.2) is 54.6 Å². The molecule has 108 valence electrons. The summed E-state index contributed by atoms with van der Waals surface area (Å²) in [6, 6.07) is 17.1. The highest BCUT2D eigenvalue weighted by molar-refractivity contribution is 6.04. The Balaban J connectivity index is 1.60. The number of carbonyl (C=O) groups excluding carboxylic acids is 1. The van der Waals surface area contributed by atoms with Crippen molar-refractivity contribution in [1.29, 1.82) is 0 Å². The van der Waals surface area contributed by atoms with Gasteiger partial charge in [-0.2, -0.15) is 0 Å². The number of pyridine rings is 1. The smallest absolute Gasteiger partial charge is 0.274 e. The van der Waals surface area contributed by atoms with E-state index in [2.05, 4.69) is 10.3 Å². The first-order valence-electron chi connectivity index (χ1n) is 7.22. The van der Waals surface area contributed by atoms with Crippen LogP contribution in [-0.2, 0) is 6.42 Å². The fourth-order valence-electron chi connectivity index (χ4n) is 2.65. The Kier molecular flexibility index (Phi) is 3.00. The molecule has 0 fully saturated rings. The molecule has 0 atom stereocenters. The molecule has 0 saturated carbocycles. The van der Waals surface area contributed by atoms with E-state index in [1.807, 2.05) is 48.5 Å². The fourth-order valence-corrected chi connectivity index (χ4v) is 2.65. The first kappa shape index (κ1) is 12.8. The average Bonchev–Trinajstić information content (AvgIpc) is 3.02. The maximum absolute atomic E-state index is 12.4. The van der Waals surface area contributed by atoms with Crippen LogP contribution in [0.1, 0.15) is 16.1 Å². The van der Waals surface area contributed by atoms with Gasteiger partial charge in [0.1, 0.15) is 11.4 Å². The number of nitrogens with zero attached hydrogens (tertiary/aromatic N) is 1. The molecular formula is C18H14N2O2. The quantitative estimate of drug-likeness (QED) is 0.786. The summed E-state index contributed by atoms with van der Waals surface area (Å²) in [5.74, 6) is 0.700. The van der Waals surface area contributed by atoms with Gasteiger partial charge in [-0.05, 0) is 35.9 Å². The molecule has 3 aromatic rings. The lowest BCUT2D eigenvalue weighted by atomic mass is 10.1. The van der Waals surface area contributed by atoms with Crippen LogP contribution in [0.2, 0.25) is 0 Å². The zero-order valence-corrected chi connectivity index (χ0v) is 11.9. The van der Waals surface area contributed by atoms with Crippen molar-refractivity contribution in [2.45, 2.75) is 6.42 Å². The molecule has 4 nitrogen and oxygen atoms in total. The predicted molar refractivity (Wildman–Crippen MR) is 85.3 cm³/mol. The first-order valence-corrected chi connectivity index (χ1v) is 7.22. The van der Waals surface area contributed by atoms with Crippen LogP contribution >= 0.6 is 0 Å². The average molecular weight is 290 g/mol. The molecule has 0 radical (unpaired) electrons. The molecule has 1 aromatic heterocycles. The molecule has 1 aliphatic heterocycles. The van der Waals surface area contributed by atoms with Crippen molar-refractivity contribution in [2.75, 3.05) is 11.9 Å². The second-order valence-corrected chi connectivity index (χ2v) is 5.26. The molecule has 0 saturated heterocycles. The Morgan fingerprint density at radius 3 is 2.95 bits per heavy atom. The maximum atomic E-state index is 12.4. The lowest BCUT2D eigenvalue weighted by Crippen LogP contribution is -2.13. The van der Waals surface area contributed by atoms with E-state index in [1.165, 1.54) is 0 Å². The standard InChI is InChI=1S/C18H14N2O2/c21-18(16-7-5-12-3-1-2-4-15(12)20-16)19-14-6-8-17-13(11-14)9-10-22-17/h1-8,11H,9-10H2,(H,19,21). The molecular weight excluding hydrogens is 276 g/mol. The van der Waals surface area contributed by atoms with E-state index in [0.717, 1.165) is 34.3 Å². The molecule has 0 aliphatic carbocycles. The number of aromatic nitrogens is 1. The van der Waals surface area contributed by atoms with Gasteiger partial charge in [-0.3, -0.25) is 4.79 Å². The maximum Gasteiger partial charge on any atom is 0.274 e. The minimum absolute atomic E-state index is 0.204. The van der Waals surface area contributed by atoms with Gasteiger partial charge >= 0.3 is 0 Å². The number of hydrogen-bond acceptors (Lipinski definition) is 3. The summed E-state index contributed by atoms with van der Waals surface area (Å²) in [6.07, 6.45) is 0.882. The van der Waals surface area contributed by atoms with Crippen molar-refractivity contribution >= 4 is 22.5 Å². The summed E-state index contributed by atoms with van der Waals surface area (Å²) in [5.41, 5.74) is 3.13. The van der Waals surface area contributed by atoms with E-state index in [4.69, 9.17) is 4.74 Å². The number of ether oxygens (including phenoxy) is 1. The van der Waals surface area contributed by atoms with E-state index in [1.54, 1.807) is 6.07 Å². The zero-order valence-electron chi connectivity index (χ0n) is 11.9. The minimum Gasteiger partial charge on any atom is -0.493 e. The molecule has 0 bridgehead atoms. The van der Waals surface area contributed by atoms with Crippen LogP contribution in [-0.4, -0.2) is 17.5 Å². The molecule has 2 heterocycles. The summed E-state index contributed by atoms with van der Waals surface area (Å²) in [4.78, 5) is 16.8. The lowest BCUT2D eigenvalue weighted by Gasteiger charge is -2.07. The fraction of sp³-hybridized carbons (Fsp3) is 0.111. The number of nitrogens with one attached hydrogen (secondary N) is 1. The monoisotopic (exact) mass is 290 g/mol. The van der Waals surface area contributed by atoms with Gasteiger partial charge in [0.2, 0.25) is 0 Å². The number of rotatable bonds is 2. The Morgan fingerprint density at radius 1 is 1.09 bits per heavy atom. The van der Waals surface area contributed by atoms with E-state index in [0.29, 0.717) is 12.3 Å². The van der Waals surface area contributed by atoms with E-state index < -0.39 is 0 Å². The summed E-state index contributed by atoms with van der Waals surface area (Å²) in [5, 5.41) is 3.92. The van der Waals surface area contributed by atoms with Crippen molar-refractivity contribution in [3.05, 3.63) is 65.9 Å². The van der Waals surface area contributed by atoms with E-state index >= 15 is 0 Å². The normalized spacial score (nSPS) is 12.7. The Bertz CT molecular complexity index is 874. The number of carbonyl (C=O) groups is 1. The molecule has 2 aromatic carbocycles. The topological polar surface area (TPSA) is 51.2 Å². The molecule has 1 N–H and O–H groups in total. The number of amides is 1. The molecule has 22 heavy (non-hydrogen) atoms. The minimum atomic E-state index is -0.204. The highest BCUT2D eigenvalue weighted by atomic mass is 16.5. The highest BCUT2D eigenvalue weighted by Crippen LogP contribution is 2.28. The van der Waals surface area contributed by atoms with Crippen molar-refractivity contribution in [1.82, 2.24) is 4.98 Å². The van der Waals surface area contributed by atoms with Gasteiger partial charge in [-0.25, -0.2) is 4.98 Å². The second-order valence-electron chi connectivity index (χ2n) is 5.26. The Labute approximate surface area is 127 Å². The van der Waals surface area contributed by atoms with Crippen LogP contribution in [0.4, 0.5) is 5.69 Å². The van der Waals surface area contributed by atoms with Crippen LogP contribution in [0.25, 0.3) is 10.9 Å². The van der Waals surface area contributed by atoms with Gasteiger partial charge in [-0.15, -0.1) is 0 Å². The van der Waals surface area contributed by atoms with Crippen LogP contribution in [0.3, 0.4) is 0 Å². The third-order valence-corrected chi connectivity index (χ3v) is 3.78. The van der Waals surface area contributed by atoms with Gasteiger partial charge in [0.15, 0.2) is 0 Å². The molecule has 1 amide bonds. The van der Waals surface area contributed by atoms with Crippen LogP contribution in [0, 0.1) is 0 Å². The van der Waals surface area contributed by atoms with Gasteiger partial charge in [-0.1, -0.05) is 24.3 Å². The second kappa shape index (κ2) is 5.15. The number of fused-ring (bicyclic) bond motifs is 2. The predicted octanol–water partition coefficient (Wildman–Crippen LogP) is 3.42. The summed E-state index contributed by atoms with van der Waals surface area (Å²) in [6.45, 7) is 0.707. The van der Waals surface area contributed by atoms with Crippen LogP contribution < -0.4 is 10.1 Å². The van der Waals surface area contributed by atoms with E-state index in [-0.39, 0.29) is 5.91 Å². The summed E-state index contributed by atoms with van der Waals surface area (Å²) in [7, 11) is 0. The Hall–Kier alpha value is -2.88. The van der Waals surface area contributed by atoms with Crippen molar-refractivity contribution < 1.29 is 9.53 Å². The highest BCUT2D eigenvalue weighted by Gasteiger charge is 2.14. The summed E-state index contributed by atoms with van der Waals surface area (Å²) < 4.78 is 5.47. The van der Waals surface area contributed by atoms with Gasteiger partial charge in [0.05, 0.1) is 12.1 Å². The number of hydrogen-bond donors (Lipinski definition) is 1. The van der Waals surface area contributed by atoms with Crippen LogP contribution in [0.5, 0.6) is 5.75 Å². The molecule has 0 unspecified atom stereocenters. The van der Waals surface area contributed by atoms with Crippen molar-refractivity contribution in [3.63, 3.8) is 0 Å². The third kappa shape index (κ3) is 2.29. The third-order valence-electron chi connectivity index (χ3n) is 3.78. The Morgan fingerprint density at radius 2 is 2.00 bits per heavy atom. The largest absolute Gasteiger partial charge is 0.493 e. The van der Waals surface area contributed by atoms with Crippen molar-refractivity contribution in [3.8, 4) is 5.75 Å². The SMILES string of the molecule is O=C(Nc1ccc2c(c1)CCO2)c1ccc2ccccc2n1. The van der Waals surface area contributed by atoms with Gasteiger partial charge < -0.3 is 10.1 Å². The van der Waals surface area contributed by atoms with E-state index in [9.17, 15) is 4.79 Å². The number of anilines is 1. The van der Waals surface area contributed by atoms with Crippen molar-refractivity contribution in [2.24, 2.45) is 0 Å². The number of benzene rings is 2. The molecule has 0 spiro atoms. The lowest BCUT2D eigenvalue weighted by molar-refractivity contribution is 0.102. The molecule has 1 aliphatic rings. The molecule has 4 rings (SSSR count). The number of para-hydroxylation sites is 1. The zero-order chi connectivity index (χ0) is 14.9. The van der Waals surface area contributed by atoms with Gasteiger partial charge in [0, 0.05) is 17.5 Å². The van der Waals surface area contributed by atoms with Gasteiger partial charge in [0.25, 0.3) is 5.91 Å². The first-order chi connectivity index (χ1) is 10.8. The molecule has 4 heteroatoms. The summed E-state index contributed by atoms with van der Waals surface area (Å²) >= 11 is 0.